The Balaban J connectivity index is 1.40. The monoisotopic (exact) mass is 409 g/mol. The molecule has 5 nitrogen and oxygen atoms in total. The van der Waals surface area contributed by atoms with Crippen molar-refractivity contribution in [2.75, 3.05) is 31.1 Å². The lowest BCUT2D eigenvalue weighted by molar-refractivity contribution is -0.146. The van der Waals surface area contributed by atoms with E-state index in [1.807, 2.05) is 67.6 Å². The van der Waals surface area contributed by atoms with E-state index < -0.39 is 5.92 Å². The molecule has 0 aromatic heterocycles. The number of hydrogen-bond donors (Lipinski definition) is 1. The zero-order chi connectivity index (χ0) is 20.4. The van der Waals surface area contributed by atoms with Gasteiger partial charge in [0.2, 0.25) is 5.78 Å². The van der Waals surface area contributed by atoms with E-state index in [1.54, 1.807) is 4.90 Å². The molecule has 2 aromatic rings. The Labute approximate surface area is 175 Å². The van der Waals surface area contributed by atoms with Gasteiger partial charge >= 0.3 is 0 Å². The molecule has 1 amide bonds. The lowest BCUT2D eigenvalue weighted by Gasteiger charge is -2.36. The standard InChI is InChI=1S/C23H24ClN3O2/c1-16-20(15-21(25-16)17-6-3-2-4-7-17)22(28)23(29)27-12-10-26(11-13-27)19-9-5-8-18(24)14-19/h2-9,14-16,20,25H,10-13H2,1H3. The maximum absolute atomic E-state index is 12.9. The van der Waals surface area contributed by atoms with Gasteiger partial charge in [-0.3, -0.25) is 9.59 Å². The number of nitrogens with one attached hydrogen (secondary N) is 1. The van der Waals surface area contributed by atoms with E-state index >= 15 is 0 Å². The van der Waals surface area contributed by atoms with Gasteiger partial charge in [0, 0.05) is 48.6 Å². The Morgan fingerprint density at radius 3 is 2.41 bits per heavy atom. The van der Waals surface area contributed by atoms with Crippen LogP contribution in [0.3, 0.4) is 0 Å². The van der Waals surface area contributed by atoms with Gasteiger partial charge in [-0.15, -0.1) is 0 Å². The average molecular weight is 410 g/mol. The quantitative estimate of drug-likeness (QED) is 0.788. The van der Waals surface area contributed by atoms with Crippen molar-refractivity contribution in [3.8, 4) is 0 Å². The number of halogens is 1. The highest BCUT2D eigenvalue weighted by Gasteiger charge is 2.36. The molecule has 4 rings (SSSR count). The van der Waals surface area contributed by atoms with Crippen molar-refractivity contribution in [2.45, 2.75) is 13.0 Å². The number of carbonyl (C=O) groups is 2. The minimum Gasteiger partial charge on any atom is -0.381 e. The van der Waals surface area contributed by atoms with Crippen LogP contribution in [0.15, 0.2) is 60.7 Å². The Bertz CT molecular complexity index is 936. The summed E-state index contributed by atoms with van der Waals surface area (Å²) in [6, 6.07) is 17.5. The van der Waals surface area contributed by atoms with Crippen molar-refractivity contribution >= 4 is 34.7 Å². The van der Waals surface area contributed by atoms with Gasteiger partial charge in [0.1, 0.15) is 0 Å². The largest absolute Gasteiger partial charge is 0.381 e. The lowest BCUT2D eigenvalue weighted by Crippen LogP contribution is -2.52. The minimum atomic E-state index is -0.441. The first kappa shape index (κ1) is 19.5. The Kier molecular flexibility index (Phi) is 5.58. The molecule has 150 valence electrons. The van der Waals surface area contributed by atoms with Crippen molar-refractivity contribution in [3.63, 3.8) is 0 Å². The first-order chi connectivity index (χ1) is 14.0. The molecule has 6 heteroatoms. The molecule has 0 radical (unpaired) electrons. The van der Waals surface area contributed by atoms with E-state index in [2.05, 4.69) is 10.2 Å². The molecular weight excluding hydrogens is 386 g/mol. The number of amides is 1. The van der Waals surface area contributed by atoms with Crippen LogP contribution in [-0.4, -0.2) is 48.8 Å². The molecule has 0 saturated carbocycles. The summed E-state index contributed by atoms with van der Waals surface area (Å²) in [7, 11) is 0. The topological polar surface area (TPSA) is 52.7 Å². The van der Waals surface area contributed by atoms with E-state index in [4.69, 9.17) is 11.6 Å². The Morgan fingerprint density at radius 1 is 1.00 bits per heavy atom. The number of rotatable bonds is 4. The number of anilines is 1. The SMILES string of the molecule is CC1NC(c2ccccc2)=CC1C(=O)C(=O)N1CCN(c2cccc(Cl)c2)CC1. The van der Waals surface area contributed by atoms with Gasteiger partial charge in [0.15, 0.2) is 0 Å². The predicted octanol–water partition coefficient (Wildman–Crippen LogP) is 3.21. The number of ketones is 1. The zero-order valence-corrected chi connectivity index (χ0v) is 17.1. The number of carbonyl (C=O) groups excluding carboxylic acids is 2. The maximum Gasteiger partial charge on any atom is 0.290 e. The van der Waals surface area contributed by atoms with Gasteiger partial charge in [-0.05, 0) is 36.8 Å². The smallest absolute Gasteiger partial charge is 0.290 e. The summed E-state index contributed by atoms with van der Waals surface area (Å²) in [6.07, 6.45) is 1.89. The van der Waals surface area contributed by atoms with Crippen LogP contribution in [0.2, 0.25) is 5.02 Å². The third-order valence-corrected chi connectivity index (χ3v) is 5.84. The van der Waals surface area contributed by atoms with Crippen LogP contribution in [0.4, 0.5) is 5.69 Å². The third-order valence-electron chi connectivity index (χ3n) is 5.61. The molecule has 2 heterocycles. The second-order valence-corrected chi connectivity index (χ2v) is 7.96. The highest BCUT2D eigenvalue weighted by Crippen LogP contribution is 2.26. The summed E-state index contributed by atoms with van der Waals surface area (Å²) in [5, 5.41) is 4.04. The van der Waals surface area contributed by atoms with E-state index in [0.717, 1.165) is 16.9 Å². The second kappa shape index (κ2) is 8.29. The molecule has 1 fully saturated rings. The molecule has 1 N–H and O–H groups in total. The van der Waals surface area contributed by atoms with Gasteiger partial charge in [-0.1, -0.05) is 48.0 Å². The van der Waals surface area contributed by atoms with Gasteiger partial charge in [-0.25, -0.2) is 0 Å². The molecule has 2 unspecified atom stereocenters. The molecule has 2 atom stereocenters. The number of piperazine rings is 1. The molecule has 2 aliphatic rings. The lowest BCUT2D eigenvalue weighted by atomic mass is 9.97. The molecular formula is C23H24ClN3O2. The molecule has 2 aliphatic heterocycles. The fourth-order valence-electron chi connectivity index (χ4n) is 3.95. The van der Waals surface area contributed by atoms with E-state index in [1.165, 1.54) is 0 Å². The van der Waals surface area contributed by atoms with Gasteiger partial charge in [0.25, 0.3) is 5.91 Å². The van der Waals surface area contributed by atoms with Crippen LogP contribution < -0.4 is 10.2 Å². The van der Waals surface area contributed by atoms with Crippen molar-refractivity contribution in [1.29, 1.82) is 0 Å². The molecule has 0 spiro atoms. The van der Waals surface area contributed by atoms with E-state index in [0.29, 0.717) is 31.2 Å². The van der Waals surface area contributed by atoms with Crippen molar-refractivity contribution < 1.29 is 9.59 Å². The Hall–Kier alpha value is -2.79. The summed E-state index contributed by atoms with van der Waals surface area (Å²) in [5.41, 5.74) is 2.98. The normalized spacial score (nSPS) is 21.5. The molecule has 0 bridgehead atoms. The van der Waals surface area contributed by atoms with Crippen molar-refractivity contribution in [1.82, 2.24) is 10.2 Å². The molecule has 2 aromatic carbocycles. The fraction of sp³-hybridized carbons (Fsp3) is 0.304. The van der Waals surface area contributed by atoms with Crippen LogP contribution in [0.1, 0.15) is 12.5 Å². The third kappa shape index (κ3) is 4.15. The predicted molar refractivity (Wildman–Crippen MR) is 116 cm³/mol. The first-order valence-corrected chi connectivity index (χ1v) is 10.3. The van der Waals surface area contributed by atoms with E-state index in [9.17, 15) is 9.59 Å². The van der Waals surface area contributed by atoms with Crippen LogP contribution in [0.5, 0.6) is 0 Å². The van der Waals surface area contributed by atoms with Gasteiger partial charge < -0.3 is 15.1 Å². The molecule has 1 saturated heterocycles. The first-order valence-electron chi connectivity index (χ1n) is 9.90. The highest BCUT2D eigenvalue weighted by molar-refractivity contribution is 6.37. The number of hydrogen-bond acceptors (Lipinski definition) is 4. The van der Waals surface area contributed by atoms with Crippen molar-refractivity contribution in [2.24, 2.45) is 5.92 Å². The maximum atomic E-state index is 12.9. The molecule has 0 aliphatic carbocycles. The van der Waals surface area contributed by atoms with Crippen LogP contribution in [0.25, 0.3) is 5.70 Å². The summed E-state index contributed by atoms with van der Waals surface area (Å²) in [4.78, 5) is 29.6. The number of Topliss-reactive ketones (excluding diaryl/α,β-unsaturated/α-hetero) is 1. The summed E-state index contributed by atoms with van der Waals surface area (Å²) < 4.78 is 0. The fourth-order valence-corrected chi connectivity index (χ4v) is 4.13. The highest BCUT2D eigenvalue weighted by atomic mass is 35.5. The Morgan fingerprint density at radius 2 is 1.72 bits per heavy atom. The minimum absolute atomic E-state index is 0.102. The van der Waals surface area contributed by atoms with Crippen LogP contribution >= 0.6 is 11.6 Å². The summed E-state index contributed by atoms with van der Waals surface area (Å²) >= 11 is 6.08. The number of benzene rings is 2. The summed E-state index contributed by atoms with van der Waals surface area (Å²) in [5.74, 6) is -1.17. The second-order valence-electron chi connectivity index (χ2n) is 7.53. The van der Waals surface area contributed by atoms with Crippen LogP contribution in [0, 0.1) is 5.92 Å². The zero-order valence-electron chi connectivity index (χ0n) is 16.3. The number of nitrogens with zero attached hydrogens (tertiary/aromatic N) is 2. The van der Waals surface area contributed by atoms with E-state index in [-0.39, 0.29) is 17.7 Å². The molecule has 29 heavy (non-hydrogen) atoms. The van der Waals surface area contributed by atoms with Gasteiger partial charge in [0.05, 0.1) is 5.92 Å². The van der Waals surface area contributed by atoms with Crippen LogP contribution in [-0.2, 0) is 9.59 Å². The summed E-state index contributed by atoms with van der Waals surface area (Å²) in [6.45, 7) is 4.37. The van der Waals surface area contributed by atoms with Crippen molar-refractivity contribution in [3.05, 3.63) is 71.3 Å². The average Bonchev–Trinajstić information content (AvgIpc) is 3.15. The van der Waals surface area contributed by atoms with Gasteiger partial charge in [-0.2, -0.15) is 0 Å².